The molecule has 1 fully saturated rings. The molecule has 3 rings (SSSR count). The normalized spacial score (nSPS) is 16.0. The Bertz CT molecular complexity index is 808. The lowest BCUT2D eigenvalue weighted by molar-refractivity contribution is 0.0668. The Labute approximate surface area is 199 Å². The molecule has 2 heterocycles. The zero-order valence-corrected chi connectivity index (χ0v) is 20.3. The molecule has 1 aliphatic rings. The van der Waals surface area contributed by atoms with Crippen LogP contribution in [0.4, 0.5) is 8.78 Å². The van der Waals surface area contributed by atoms with Crippen molar-refractivity contribution in [3.8, 4) is 5.75 Å². The van der Waals surface area contributed by atoms with Gasteiger partial charge in [-0.05, 0) is 43.6 Å². The number of benzene rings is 1. The van der Waals surface area contributed by atoms with Crippen LogP contribution in [0.1, 0.15) is 43.2 Å². The lowest BCUT2D eigenvalue weighted by atomic mass is 10.0. The average Bonchev–Trinajstić information content (AvgIpc) is 3.26. The van der Waals surface area contributed by atoms with Crippen molar-refractivity contribution in [1.29, 1.82) is 0 Å². The molecule has 0 spiro atoms. The van der Waals surface area contributed by atoms with Crippen molar-refractivity contribution in [2.45, 2.75) is 38.4 Å². The quantitative estimate of drug-likeness (QED) is 0.299. The van der Waals surface area contributed by atoms with Gasteiger partial charge < -0.3 is 15.4 Å². The Morgan fingerprint density at radius 1 is 1.16 bits per heavy atom. The van der Waals surface area contributed by atoms with Gasteiger partial charge >= 0.3 is 6.55 Å². The summed E-state index contributed by atoms with van der Waals surface area (Å²) in [4.78, 5) is 10.7. The SMILES string of the molecule is CN=C(NCc1nccn1C(F)F)NCC(c1ccc(OC)cc1)N1CCCCC1.I. The van der Waals surface area contributed by atoms with E-state index >= 15 is 0 Å². The van der Waals surface area contributed by atoms with Crippen LogP contribution in [0.3, 0.4) is 0 Å². The van der Waals surface area contributed by atoms with E-state index in [-0.39, 0.29) is 42.4 Å². The fourth-order valence-corrected chi connectivity index (χ4v) is 3.75. The number of nitrogens with one attached hydrogen (secondary N) is 2. The van der Waals surface area contributed by atoms with Gasteiger partial charge in [0.25, 0.3) is 0 Å². The molecule has 1 aromatic heterocycles. The Morgan fingerprint density at radius 3 is 2.48 bits per heavy atom. The minimum absolute atomic E-state index is 0. The average molecular weight is 548 g/mol. The number of likely N-dealkylation sites (tertiary alicyclic amines) is 1. The van der Waals surface area contributed by atoms with Crippen LogP contribution in [-0.2, 0) is 6.54 Å². The van der Waals surface area contributed by atoms with Crippen LogP contribution in [0.15, 0.2) is 41.7 Å². The summed E-state index contributed by atoms with van der Waals surface area (Å²) in [6, 6.07) is 8.32. The number of piperidine rings is 1. The number of aromatic nitrogens is 2. The van der Waals surface area contributed by atoms with Gasteiger partial charge in [0.1, 0.15) is 11.6 Å². The number of hydrogen-bond acceptors (Lipinski definition) is 4. The van der Waals surface area contributed by atoms with E-state index in [2.05, 4.69) is 37.6 Å². The third kappa shape index (κ3) is 7.03. The highest BCUT2D eigenvalue weighted by molar-refractivity contribution is 14.0. The number of nitrogens with zero attached hydrogens (tertiary/aromatic N) is 4. The van der Waals surface area contributed by atoms with Gasteiger partial charge in [-0.3, -0.25) is 14.5 Å². The Morgan fingerprint density at radius 2 is 1.87 bits per heavy atom. The molecule has 2 N–H and O–H groups in total. The fraction of sp³-hybridized carbons (Fsp3) is 0.524. The second-order valence-electron chi connectivity index (χ2n) is 7.22. The topological polar surface area (TPSA) is 66.7 Å². The summed E-state index contributed by atoms with van der Waals surface area (Å²) < 4.78 is 32.1. The molecule has 1 aromatic carbocycles. The summed E-state index contributed by atoms with van der Waals surface area (Å²) in [7, 11) is 3.33. The first kappa shape index (κ1) is 25.3. The summed E-state index contributed by atoms with van der Waals surface area (Å²) in [6.45, 7) is 0.299. The zero-order chi connectivity index (χ0) is 21.3. The maximum Gasteiger partial charge on any atom is 0.319 e. The summed E-state index contributed by atoms with van der Waals surface area (Å²) >= 11 is 0. The van der Waals surface area contributed by atoms with Crippen LogP contribution in [0.25, 0.3) is 0 Å². The molecule has 2 aromatic rings. The van der Waals surface area contributed by atoms with Crippen LogP contribution in [-0.4, -0.2) is 54.2 Å². The number of hydrogen-bond donors (Lipinski definition) is 2. The molecule has 0 radical (unpaired) electrons. The van der Waals surface area contributed by atoms with E-state index in [9.17, 15) is 8.78 Å². The third-order valence-corrected chi connectivity index (χ3v) is 5.39. The zero-order valence-electron chi connectivity index (χ0n) is 17.9. The van der Waals surface area contributed by atoms with Gasteiger partial charge in [-0.25, -0.2) is 4.98 Å². The molecule has 1 atom stereocenters. The van der Waals surface area contributed by atoms with E-state index in [0.29, 0.717) is 12.5 Å². The van der Waals surface area contributed by atoms with E-state index in [1.54, 1.807) is 14.2 Å². The lowest BCUT2D eigenvalue weighted by Gasteiger charge is -2.35. The van der Waals surface area contributed by atoms with Crippen molar-refractivity contribution in [1.82, 2.24) is 25.1 Å². The van der Waals surface area contributed by atoms with Crippen molar-refractivity contribution in [2.75, 3.05) is 33.8 Å². The smallest absolute Gasteiger partial charge is 0.319 e. The van der Waals surface area contributed by atoms with Crippen molar-refractivity contribution in [3.05, 3.63) is 48.0 Å². The van der Waals surface area contributed by atoms with Crippen LogP contribution >= 0.6 is 24.0 Å². The van der Waals surface area contributed by atoms with Gasteiger partial charge in [-0.1, -0.05) is 18.6 Å². The molecule has 31 heavy (non-hydrogen) atoms. The molecule has 10 heteroatoms. The largest absolute Gasteiger partial charge is 0.497 e. The summed E-state index contributed by atoms with van der Waals surface area (Å²) in [5.41, 5.74) is 1.20. The van der Waals surface area contributed by atoms with Gasteiger partial charge in [-0.15, -0.1) is 24.0 Å². The summed E-state index contributed by atoms with van der Waals surface area (Å²) in [5.74, 6) is 1.64. The summed E-state index contributed by atoms with van der Waals surface area (Å²) in [6.07, 6.45) is 6.29. The number of imidazole rings is 1. The van der Waals surface area contributed by atoms with E-state index < -0.39 is 6.55 Å². The van der Waals surface area contributed by atoms with Gasteiger partial charge in [0.15, 0.2) is 5.96 Å². The Balaban J connectivity index is 0.00000341. The van der Waals surface area contributed by atoms with Crippen molar-refractivity contribution in [2.24, 2.45) is 4.99 Å². The summed E-state index contributed by atoms with van der Waals surface area (Å²) in [5, 5.41) is 6.43. The van der Waals surface area contributed by atoms with Gasteiger partial charge in [0, 0.05) is 26.0 Å². The van der Waals surface area contributed by atoms with Crippen molar-refractivity contribution < 1.29 is 13.5 Å². The Kier molecular flexibility index (Phi) is 10.4. The van der Waals surface area contributed by atoms with Crippen LogP contribution < -0.4 is 15.4 Å². The molecule has 7 nitrogen and oxygen atoms in total. The van der Waals surface area contributed by atoms with Crippen LogP contribution in [0.5, 0.6) is 5.75 Å². The highest BCUT2D eigenvalue weighted by atomic mass is 127. The molecule has 1 saturated heterocycles. The molecule has 0 bridgehead atoms. The van der Waals surface area contributed by atoms with Crippen LogP contribution in [0, 0.1) is 0 Å². The van der Waals surface area contributed by atoms with Gasteiger partial charge in [0.2, 0.25) is 0 Å². The van der Waals surface area contributed by atoms with Gasteiger partial charge in [0.05, 0.1) is 19.7 Å². The van der Waals surface area contributed by atoms with Crippen molar-refractivity contribution >= 4 is 29.9 Å². The number of aliphatic imine (C=N–C) groups is 1. The third-order valence-electron chi connectivity index (χ3n) is 5.39. The molecule has 1 unspecified atom stereocenters. The highest BCUT2D eigenvalue weighted by Crippen LogP contribution is 2.25. The van der Waals surface area contributed by atoms with Gasteiger partial charge in [-0.2, -0.15) is 8.78 Å². The predicted molar refractivity (Wildman–Crippen MR) is 128 cm³/mol. The number of halogens is 3. The maximum atomic E-state index is 13.0. The van der Waals surface area contributed by atoms with Crippen molar-refractivity contribution in [3.63, 3.8) is 0 Å². The second-order valence-corrected chi connectivity index (χ2v) is 7.22. The molecule has 0 aliphatic carbocycles. The first-order valence-electron chi connectivity index (χ1n) is 10.2. The molecule has 1 aliphatic heterocycles. The first-order chi connectivity index (χ1) is 14.6. The van der Waals surface area contributed by atoms with E-state index in [0.717, 1.165) is 23.4 Å². The predicted octanol–water partition coefficient (Wildman–Crippen LogP) is 3.80. The minimum Gasteiger partial charge on any atom is -0.497 e. The maximum absolute atomic E-state index is 13.0. The molecular weight excluding hydrogens is 517 g/mol. The Hall–Kier alpha value is -1.95. The molecule has 172 valence electrons. The second kappa shape index (κ2) is 12.8. The standard InChI is InChI=1S/C21H30F2N6O.HI/c1-24-21(27-15-19-25-10-13-29(19)20(22)23)26-14-18(28-11-4-3-5-12-28)16-6-8-17(30-2)9-7-16;/h6-10,13,18,20H,3-5,11-12,14-15H2,1-2H3,(H2,24,26,27);1H. The van der Waals surface area contributed by atoms with E-state index in [4.69, 9.17) is 4.74 Å². The number of methoxy groups -OCH3 is 1. The highest BCUT2D eigenvalue weighted by Gasteiger charge is 2.23. The van der Waals surface area contributed by atoms with E-state index in [1.165, 1.54) is 37.2 Å². The number of ether oxygens (including phenoxy) is 1. The monoisotopic (exact) mass is 548 g/mol. The number of rotatable bonds is 8. The fourth-order valence-electron chi connectivity index (χ4n) is 3.75. The lowest BCUT2D eigenvalue weighted by Crippen LogP contribution is -2.44. The number of alkyl halides is 2. The number of guanidine groups is 1. The molecular formula is C21H31F2IN6O. The minimum atomic E-state index is -2.61. The molecule has 0 amide bonds. The van der Waals surface area contributed by atoms with Crippen LogP contribution in [0.2, 0.25) is 0 Å². The molecule has 0 saturated carbocycles. The van der Waals surface area contributed by atoms with E-state index in [1.807, 2.05) is 12.1 Å². The first-order valence-corrected chi connectivity index (χ1v) is 10.2.